The van der Waals surface area contributed by atoms with Crippen LogP contribution in [0.5, 0.6) is 0 Å². The number of carbonyl (C=O) groups excluding carboxylic acids is 1. The summed E-state index contributed by atoms with van der Waals surface area (Å²) in [7, 11) is 0. The van der Waals surface area contributed by atoms with E-state index in [0.717, 1.165) is 12.0 Å². The summed E-state index contributed by atoms with van der Waals surface area (Å²) in [5.74, 6) is 1.72. The fraction of sp³-hybridized carbons (Fsp3) is 0.357. The Morgan fingerprint density at radius 2 is 2.16 bits per heavy atom. The molecule has 5 heteroatoms. The lowest BCUT2D eigenvalue weighted by Crippen LogP contribution is -2.24. The molecule has 1 aliphatic carbocycles. The maximum absolute atomic E-state index is 11.7. The predicted molar refractivity (Wildman–Crippen MR) is 68.9 cm³/mol. The Morgan fingerprint density at radius 1 is 1.42 bits per heavy atom. The summed E-state index contributed by atoms with van der Waals surface area (Å²) in [5, 5.41) is 6.72. The van der Waals surface area contributed by atoms with Gasteiger partial charge in [-0.2, -0.15) is 4.98 Å². The lowest BCUT2D eigenvalue weighted by Gasteiger charge is -1.99. The number of nitrogens with zero attached hydrogens (tertiary/aromatic N) is 2. The van der Waals surface area contributed by atoms with Crippen molar-refractivity contribution in [2.45, 2.75) is 19.9 Å². The molecule has 0 radical (unpaired) electrons. The van der Waals surface area contributed by atoms with Crippen LogP contribution in [0, 0.1) is 11.8 Å². The van der Waals surface area contributed by atoms with Crippen molar-refractivity contribution in [1.29, 1.82) is 0 Å². The minimum Gasteiger partial charge on any atom is -0.347 e. The van der Waals surface area contributed by atoms with Crippen molar-refractivity contribution in [3.05, 3.63) is 36.2 Å². The van der Waals surface area contributed by atoms with E-state index in [-0.39, 0.29) is 11.8 Å². The molecule has 1 heterocycles. The van der Waals surface area contributed by atoms with Crippen molar-refractivity contribution in [3.63, 3.8) is 0 Å². The highest BCUT2D eigenvalue weighted by Gasteiger charge is 2.38. The van der Waals surface area contributed by atoms with E-state index in [1.54, 1.807) is 0 Å². The molecule has 1 saturated carbocycles. The minimum absolute atomic E-state index is 0.0759. The summed E-state index contributed by atoms with van der Waals surface area (Å²) < 4.78 is 5.12. The van der Waals surface area contributed by atoms with Gasteiger partial charge in [0.1, 0.15) is 0 Å². The smallest absolute Gasteiger partial charge is 0.246 e. The molecule has 98 valence electrons. The molecule has 2 aromatic rings. The topological polar surface area (TPSA) is 68.0 Å². The quantitative estimate of drug-likeness (QED) is 0.909. The Labute approximate surface area is 111 Å². The highest BCUT2D eigenvalue weighted by atomic mass is 16.5. The van der Waals surface area contributed by atoms with Gasteiger partial charge in [-0.25, -0.2) is 0 Å². The molecule has 2 unspecified atom stereocenters. The normalized spacial score (nSPS) is 21.1. The van der Waals surface area contributed by atoms with Crippen LogP contribution in [0.15, 0.2) is 34.9 Å². The van der Waals surface area contributed by atoms with Gasteiger partial charge in [-0.1, -0.05) is 42.4 Å². The lowest BCUT2D eigenvalue weighted by molar-refractivity contribution is -0.122. The highest BCUT2D eigenvalue weighted by Crippen LogP contribution is 2.37. The van der Waals surface area contributed by atoms with E-state index in [9.17, 15) is 4.79 Å². The van der Waals surface area contributed by atoms with Crippen LogP contribution in [-0.4, -0.2) is 16.0 Å². The van der Waals surface area contributed by atoms with E-state index in [0.29, 0.717) is 24.2 Å². The summed E-state index contributed by atoms with van der Waals surface area (Å²) in [5.41, 5.74) is 0.902. The van der Waals surface area contributed by atoms with Crippen molar-refractivity contribution < 1.29 is 9.32 Å². The molecule has 19 heavy (non-hydrogen) atoms. The van der Waals surface area contributed by atoms with Gasteiger partial charge in [0.25, 0.3) is 0 Å². The number of hydrogen-bond donors (Lipinski definition) is 1. The molecule has 1 N–H and O–H groups in total. The average Bonchev–Trinajstić information content (AvgIpc) is 3.00. The molecule has 5 nitrogen and oxygen atoms in total. The molecule has 1 fully saturated rings. The molecule has 2 atom stereocenters. The fourth-order valence-electron chi connectivity index (χ4n) is 2.01. The molecule has 0 bridgehead atoms. The summed E-state index contributed by atoms with van der Waals surface area (Å²) in [6.45, 7) is 2.37. The van der Waals surface area contributed by atoms with Crippen molar-refractivity contribution in [2.75, 3.05) is 0 Å². The molecule has 0 saturated heterocycles. The van der Waals surface area contributed by atoms with Gasteiger partial charge in [0.2, 0.25) is 17.6 Å². The first-order valence-corrected chi connectivity index (χ1v) is 6.40. The van der Waals surface area contributed by atoms with Crippen LogP contribution in [0.1, 0.15) is 19.2 Å². The molecule has 0 aliphatic heterocycles. The van der Waals surface area contributed by atoms with E-state index in [4.69, 9.17) is 4.52 Å². The zero-order chi connectivity index (χ0) is 13.2. The van der Waals surface area contributed by atoms with E-state index in [1.165, 1.54) is 0 Å². The molecule has 1 aromatic heterocycles. The van der Waals surface area contributed by atoms with E-state index < -0.39 is 0 Å². The Balaban J connectivity index is 1.61. The number of aromatic nitrogens is 2. The van der Waals surface area contributed by atoms with Crippen LogP contribution in [0.3, 0.4) is 0 Å². The molecular weight excluding hydrogens is 242 g/mol. The summed E-state index contributed by atoms with van der Waals surface area (Å²) in [4.78, 5) is 15.9. The van der Waals surface area contributed by atoms with Gasteiger partial charge >= 0.3 is 0 Å². The molecular formula is C14H15N3O2. The number of amides is 1. The first-order valence-electron chi connectivity index (χ1n) is 6.40. The summed E-state index contributed by atoms with van der Waals surface area (Å²) >= 11 is 0. The predicted octanol–water partition coefficient (Wildman–Crippen LogP) is 2.01. The number of carbonyl (C=O) groups is 1. The third-order valence-corrected chi connectivity index (χ3v) is 3.36. The van der Waals surface area contributed by atoms with Gasteiger partial charge < -0.3 is 9.84 Å². The second kappa shape index (κ2) is 4.84. The standard InChI is InChI=1S/C14H15N3O2/c1-9-7-11(9)14(18)15-8-12-16-13(17-19-12)10-5-3-2-4-6-10/h2-6,9,11H,7-8H2,1H3,(H,15,18). The second-order valence-corrected chi connectivity index (χ2v) is 4.92. The number of benzene rings is 1. The van der Waals surface area contributed by atoms with Crippen LogP contribution in [-0.2, 0) is 11.3 Å². The number of hydrogen-bond acceptors (Lipinski definition) is 4. The largest absolute Gasteiger partial charge is 0.347 e. The zero-order valence-electron chi connectivity index (χ0n) is 10.7. The Hall–Kier alpha value is -2.17. The third kappa shape index (κ3) is 2.65. The average molecular weight is 257 g/mol. The van der Waals surface area contributed by atoms with Gasteiger partial charge in [-0.05, 0) is 12.3 Å². The SMILES string of the molecule is CC1CC1C(=O)NCc1nc(-c2ccccc2)no1. The van der Waals surface area contributed by atoms with Crippen molar-refractivity contribution in [1.82, 2.24) is 15.5 Å². The van der Waals surface area contributed by atoms with Crippen molar-refractivity contribution in [2.24, 2.45) is 11.8 Å². The lowest BCUT2D eigenvalue weighted by atomic mass is 10.2. The van der Waals surface area contributed by atoms with Gasteiger partial charge in [0.05, 0.1) is 6.54 Å². The molecule has 1 aliphatic rings. The first kappa shape index (κ1) is 11.9. The number of nitrogens with one attached hydrogen (secondary N) is 1. The van der Waals surface area contributed by atoms with E-state index in [2.05, 4.69) is 22.4 Å². The Kier molecular flexibility index (Phi) is 3.03. The van der Waals surface area contributed by atoms with Crippen LogP contribution < -0.4 is 5.32 Å². The maximum atomic E-state index is 11.7. The van der Waals surface area contributed by atoms with Crippen molar-refractivity contribution >= 4 is 5.91 Å². The zero-order valence-corrected chi connectivity index (χ0v) is 10.7. The van der Waals surface area contributed by atoms with Crippen molar-refractivity contribution in [3.8, 4) is 11.4 Å². The highest BCUT2D eigenvalue weighted by molar-refractivity contribution is 5.81. The Bertz CT molecular complexity index is 579. The fourth-order valence-corrected chi connectivity index (χ4v) is 2.01. The van der Waals surface area contributed by atoms with Gasteiger partial charge in [-0.3, -0.25) is 4.79 Å². The Morgan fingerprint density at radius 3 is 2.84 bits per heavy atom. The van der Waals surface area contributed by atoms with Crippen LogP contribution in [0.25, 0.3) is 11.4 Å². The molecule has 1 aromatic carbocycles. The second-order valence-electron chi connectivity index (χ2n) is 4.92. The summed E-state index contributed by atoms with van der Waals surface area (Å²) in [6.07, 6.45) is 0.977. The minimum atomic E-state index is 0.0759. The van der Waals surface area contributed by atoms with Gasteiger partial charge in [0, 0.05) is 11.5 Å². The number of rotatable bonds is 4. The monoisotopic (exact) mass is 257 g/mol. The van der Waals surface area contributed by atoms with Crippen LogP contribution in [0.2, 0.25) is 0 Å². The summed E-state index contributed by atoms with van der Waals surface area (Å²) in [6, 6.07) is 9.60. The first-order chi connectivity index (χ1) is 9.24. The van der Waals surface area contributed by atoms with Gasteiger partial charge in [0.15, 0.2) is 0 Å². The molecule has 0 spiro atoms. The van der Waals surface area contributed by atoms with Gasteiger partial charge in [-0.15, -0.1) is 0 Å². The molecule has 1 amide bonds. The van der Waals surface area contributed by atoms with E-state index >= 15 is 0 Å². The maximum Gasteiger partial charge on any atom is 0.246 e. The van der Waals surface area contributed by atoms with E-state index in [1.807, 2.05) is 30.3 Å². The van der Waals surface area contributed by atoms with Crippen LogP contribution in [0.4, 0.5) is 0 Å². The van der Waals surface area contributed by atoms with Crippen LogP contribution >= 0.6 is 0 Å². The molecule has 3 rings (SSSR count). The third-order valence-electron chi connectivity index (χ3n) is 3.36.